The minimum absolute atomic E-state index is 0.00513. The van der Waals surface area contributed by atoms with Crippen LogP contribution in [0.15, 0.2) is 0 Å². The summed E-state index contributed by atoms with van der Waals surface area (Å²) in [5.74, 6) is -8.55. The van der Waals surface area contributed by atoms with Crippen LogP contribution in [0.2, 0.25) is 0 Å². The monoisotopic (exact) mass is 1490 g/mol. The first-order chi connectivity index (χ1) is 49.7. The summed E-state index contributed by atoms with van der Waals surface area (Å²) in [5.41, 5.74) is -2.47. The molecule has 26 nitrogen and oxygen atoms in total. The molecule has 12 amide bonds. The van der Waals surface area contributed by atoms with Crippen LogP contribution in [0.25, 0.3) is 0 Å². The van der Waals surface area contributed by atoms with Crippen LogP contribution in [-0.2, 0) is 62.3 Å². The number of likely N-dealkylation sites (N-methyl/N-ethyl adjacent to an activating group) is 7. The van der Waals surface area contributed by atoms with Crippen molar-refractivity contribution in [1.29, 1.82) is 0 Å². The predicted octanol–water partition coefficient (Wildman–Crippen LogP) is 6.90. The van der Waals surface area contributed by atoms with Gasteiger partial charge in [-0.2, -0.15) is 0 Å². The maximum Gasteiger partial charge on any atom is 0.248 e. The smallest absolute Gasteiger partial charge is 0.248 e. The zero-order valence-corrected chi connectivity index (χ0v) is 68.3. The second-order valence-corrected chi connectivity index (χ2v) is 34.8. The van der Waals surface area contributed by atoms with E-state index >= 15 is 57.5 Å². The Kier molecular flexibility index (Phi) is 33.2. The fourth-order valence-electron chi connectivity index (χ4n) is 17.3. The van der Waals surface area contributed by atoms with Gasteiger partial charge in [0.25, 0.3) is 0 Å². The molecule has 3 heterocycles. The topological polar surface area (TPSA) is 300 Å². The molecule has 3 aliphatic heterocycles. The predicted molar refractivity (Wildman–Crippen MR) is 406 cm³/mol. The van der Waals surface area contributed by atoms with Crippen LogP contribution in [0.3, 0.4) is 0 Å². The number of piperidine rings is 1. The SMILES string of the molecule is CC(C)C[C@@H]1NC(=O)[C@H](CC2CCCCC2)N(C)C(=O)[C@H](COC(C)(C)C)NC(=O)[C@](C)(CC2CCCCC2)N(C)C(=O)[C@H](C)N(C)C(=O)[C@H](CC(C)C)N(C)C(=O)[C@H]2CCCN2C(=O)C[C@@H](C(=O)N2CCCCC2)N(C)C(=O)[C@H](CC2CCCCC2)N(C)C(=O)[C@H]([C@@H](C)O)NC(=O)[C@H](C(C)C)N(C)C1=O. The van der Waals surface area contributed by atoms with E-state index in [-0.39, 0.29) is 81.3 Å². The summed E-state index contributed by atoms with van der Waals surface area (Å²) < 4.78 is 6.36. The van der Waals surface area contributed by atoms with E-state index in [0.717, 1.165) is 103 Å². The van der Waals surface area contributed by atoms with E-state index in [2.05, 4.69) is 16.0 Å². The lowest BCUT2D eigenvalue weighted by Crippen LogP contribution is -2.65. The molecule has 0 bridgehead atoms. The van der Waals surface area contributed by atoms with Gasteiger partial charge >= 0.3 is 0 Å². The van der Waals surface area contributed by atoms with Gasteiger partial charge in [0, 0.05) is 69.0 Å². The Labute approximate surface area is 634 Å². The number of carbonyl (C=O) groups excluding carboxylic acids is 12. The Morgan fingerprint density at radius 2 is 1.00 bits per heavy atom. The van der Waals surface area contributed by atoms with Crippen LogP contribution in [0.1, 0.15) is 250 Å². The minimum Gasteiger partial charge on any atom is -0.391 e. The standard InChI is InChI=1S/C80H138N12O14/c1-50(2)43-58-71(98)89(18)67(52(5)6)69(96)83-66(54(8)93)77(104)88(17)63(46-56-35-26-21-27-36-56)75(102)87(16)64(76(103)91-40-30-23-31-41-91)47-65(94)92-42-32-39-60(92)73(100)86(15)62(44-51(3)4)74(101)84(13)53(7)70(97)90(19)80(12,48-57-37-28-22-29-38-57)78(105)82-59(49-106-79(9,10)11)72(99)85(14)61(68(95)81-58)45-55-33-24-20-25-34-55/h50-64,66-67,93H,20-49H2,1-19H3,(H,81,95)(H,82,105)(H,83,96)/t53-,54+,58-,59-,60+,61-,62-,63-,64-,66-,67-,80-/m0/s1. The van der Waals surface area contributed by atoms with E-state index in [9.17, 15) is 5.11 Å². The van der Waals surface area contributed by atoms with E-state index < -0.39 is 161 Å². The van der Waals surface area contributed by atoms with Crippen LogP contribution in [-0.4, -0.2) is 273 Å². The molecule has 106 heavy (non-hydrogen) atoms. The summed E-state index contributed by atoms with van der Waals surface area (Å²) in [4.78, 5) is 197. The molecule has 0 spiro atoms. The average molecular weight is 1490 g/mol. The summed E-state index contributed by atoms with van der Waals surface area (Å²) in [7, 11) is 10.4. The van der Waals surface area contributed by atoms with E-state index in [4.69, 9.17) is 4.74 Å². The summed E-state index contributed by atoms with van der Waals surface area (Å²) in [6, 6.07) is -12.9. The van der Waals surface area contributed by atoms with Gasteiger partial charge in [-0.15, -0.1) is 0 Å². The first-order valence-corrected chi connectivity index (χ1v) is 40.4. The van der Waals surface area contributed by atoms with Crippen LogP contribution < -0.4 is 16.0 Å². The number of hydrogen-bond acceptors (Lipinski definition) is 14. The number of amides is 12. The highest BCUT2D eigenvalue weighted by molar-refractivity contribution is 6.01. The van der Waals surface area contributed by atoms with Crippen molar-refractivity contribution >= 4 is 70.9 Å². The van der Waals surface area contributed by atoms with Gasteiger partial charge in [-0.25, -0.2) is 0 Å². The summed E-state index contributed by atoms with van der Waals surface area (Å²) in [5, 5.41) is 20.5. The van der Waals surface area contributed by atoms with Crippen molar-refractivity contribution in [3.63, 3.8) is 0 Å². The highest BCUT2D eigenvalue weighted by Gasteiger charge is 2.50. The van der Waals surface area contributed by atoms with Crippen LogP contribution >= 0.6 is 0 Å². The Hall–Kier alpha value is -6.44. The molecule has 3 aliphatic carbocycles. The second-order valence-electron chi connectivity index (χ2n) is 34.8. The van der Waals surface area contributed by atoms with Gasteiger partial charge in [-0.05, 0) is 141 Å². The van der Waals surface area contributed by atoms with Crippen LogP contribution in [0, 0.1) is 35.5 Å². The van der Waals surface area contributed by atoms with Gasteiger partial charge < -0.3 is 69.9 Å². The number of ether oxygens (including phenoxy) is 1. The normalized spacial score (nSPS) is 29.7. The largest absolute Gasteiger partial charge is 0.391 e. The number of aliphatic hydroxyl groups excluding tert-OH is 1. The summed E-state index contributed by atoms with van der Waals surface area (Å²) in [6.45, 7) is 21.7. The number of carbonyl (C=O) groups is 12. The molecule has 26 heteroatoms. The van der Waals surface area contributed by atoms with Crippen molar-refractivity contribution in [2.75, 3.05) is 75.6 Å². The molecule has 0 aromatic heterocycles. The van der Waals surface area contributed by atoms with Crippen molar-refractivity contribution in [3.8, 4) is 0 Å². The van der Waals surface area contributed by atoms with Crippen molar-refractivity contribution in [2.45, 2.75) is 328 Å². The van der Waals surface area contributed by atoms with Crippen molar-refractivity contribution in [2.24, 2.45) is 35.5 Å². The molecule has 0 aromatic carbocycles. The zero-order valence-electron chi connectivity index (χ0n) is 68.3. The number of hydrogen-bond donors (Lipinski definition) is 4. The molecule has 0 aromatic rings. The number of aliphatic hydroxyl groups is 1. The fourth-order valence-corrected chi connectivity index (χ4v) is 17.3. The van der Waals surface area contributed by atoms with Gasteiger partial charge in [-0.3, -0.25) is 57.5 Å². The highest BCUT2D eigenvalue weighted by atomic mass is 16.5. The highest BCUT2D eigenvalue weighted by Crippen LogP contribution is 2.37. The second kappa shape index (κ2) is 39.8. The molecule has 602 valence electrons. The third-order valence-corrected chi connectivity index (χ3v) is 24.1. The number of fused-ring (bicyclic) bond motifs is 1. The van der Waals surface area contributed by atoms with Gasteiger partial charge in [0.1, 0.15) is 66.0 Å². The lowest BCUT2D eigenvalue weighted by Gasteiger charge is -2.44. The van der Waals surface area contributed by atoms with Gasteiger partial charge in [0.05, 0.1) is 24.7 Å². The first-order valence-electron chi connectivity index (χ1n) is 40.4. The van der Waals surface area contributed by atoms with Gasteiger partial charge in [0.15, 0.2) is 0 Å². The molecule has 6 aliphatic rings. The minimum atomic E-state index is -1.66. The first kappa shape index (κ1) is 88.5. The summed E-state index contributed by atoms with van der Waals surface area (Å²) >= 11 is 0. The van der Waals surface area contributed by atoms with Crippen LogP contribution in [0.5, 0.6) is 0 Å². The maximum absolute atomic E-state index is 15.8. The number of likely N-dealkylation sites (tertiary alicyclic amines) is 1. The quantitative estimate of drug-likeness (QED) is 0.130. The van der Waals surface area contributed by atoms with Crippen LogP contribution in [0.4, 0.5) is 0 Å². The van der Waals surface area contributed by atoms with Crippen molar-refractivity contribution in [3.05, 3.63) is 0 Å². The summed E-state index contributed by atoms with van der Waals surface area (Å²) in [6.07, 6.45) is 14.8. The zero-order chi connectivity index (χ0) is 79.0. The Bertz CT molecular complexity index is 3010. The molecule has 6 rings (SSSR count). The number of rotatable bonds is 15. The van der Waals surface area contributed by atoms with Gasteiger partial charge in [-0.1, -0.05) is 138 Å². The fraction of sp³-hybridized carbons (Fsp3) is 0.850. The van der Waals surface area contributed by atoms with Crippen molar-refractivity contribution < 1.29 is 67.4 Å². The van der Waals surface area contributed by atoms with Crippen molar-refractivity contribution in [1.82, 2.24) is 60.0 Å². The number of nitrogens with one attached hydrogen (secondary N) is 3. The molecule has 12 atom stereocenters. The molecule has 3 saturated carbocycles. The average Bonchev–Trinajstić information content (AvgIpc) is 0.962. The third kappa shape index (κ3) is 23.1. The van der Waals surface area contributed by atoms with E-state index in [0.29, 0.717) is 32.4 Å². The number of nitrogens with zero attached hydrogens (tertiary/aromatic N) is 9. The molecule has 0 unspecified atom stereocenters. The lowest BCUT2D eigenvalue weighted by molar-refractivity contribution is -0.157. The molecule has 6 fully saturated rings. The molecular weight excluding hydrogens is 1350 g/mol. The Balaban J connectivity index is 1.52. The third-order valence-electron chi connectivity index (χ3n) is 24.1. The lowest BCUT2D eigenvalue weighted by atomic mass is 9.78. The Morgan fingerprint density at radius 1 is 0.509 bits per heavy atom. The van der Waals surface area contributed by atoms with E-state index in [1.54, 1.807) is 32.6 Å². The maximum atomic E-state index is 15.8. The van der Waals surface area contributed by atoms with E-state index in [1.807, 2.05) is 48.5 Å². The Morgan fingerprint density at radius 3 is 1.52 bits per heavy atom. The van der Waals surface area contributed by atoms with E-state index in [1.165, 1.54) is 95.5 Å². The molecule has 4 N–H and O–H groups in total. The molecular formula is C80H138N12O14. The molecule has 0 radical (unpaired) electrons. The van der Waals surface area contributed by atoms with Gasteiger partial charge in [0.2, 0.25) is 70.9 Å². The molecule has 3 saturated heterocycles.